The van der Waals surface area contributed by atoms with Crippen LogP contribution >= 0.6 is 0 Å². The fraction of sp³-hybridized carbons (Fsp3) is 0.588. The molecule has 0 aliphatic carbocycles. The standard InChI is InChI=1S/C17H28N2O2/c1-13(19(5)6)7-8-14-9-11-15(12-10-14)18-16(20)21-17(2,3)4/h9-13H,7-8H2,1-6H3,(H,18,20). The second-order valence-corrected chi connectivity index (χ2v) is 6.68. The highest BCUT2D eigenvalue weighted by atomic mass is 16.6. The number of rotatable bonds is 5. The Kier molecular flexibility index (Phi) is 6.21. The first kappa shape index (κ1) is 17.5. The summed E-state index contributed by atoms with van der Waals surface area (Å²) < 4.78 is 5.22. The van der Waals surface area contributed by atoms with Crippen LogP contribution in [0.1, 0.15) is 39.7 Å². The fourth-order valence-corrected chi connectivity index (χ4v) is 1.81. The molecular formula is C17H28N2O2. The quantitative estimate of drug-likeness (QED) is 0.894. The molecule has 1 rings (SSSR count). The molecule has 1 aromatic rings. The zero-order chi connectivity index (χ0) is 16.0. The Hall–Kier alpha value is -1.55. The van der Waals surface area contributed by atoms with Crippen molar-refractivity contribution in [3.05, 3.63) is 29.8 Å². The summed E-state index contributed by atoms with van der Waals surface area (Å²) in [7, 11) is 4.19. The average Bonchev–Trinajstić information content (AvgIpc) is 2.35. The van der Waals surface area contributed by atoms with Gasteiger partial charge in [0.25, 0.3) is 0 Å². The molecule has 1 aromatic carbocycles. The minimum Gasteiger partial charge on any atom is -0.444 e. The van der Waals surface area contributed by atoms with E-state index in [-0.39, 0.29) is 0 Å². The van der Waals surface area contributed by atoms with Crippen molar-refractivity contribution in [2.24, 2.45) is 0 Å². The molecule has 4 heteroatoms. The van der Waals surface area contributed by atoms with Crippen molar-refractivity contribution in [2.75, 3.05) is 19.4 Å². The predicted octanol–water partition coefficient (Wildman–Crippen LogP) is 3.92. The highest BCUT2D eigenvalue weighted by Crippen LogP contribution is 2.14. The maximum absolute atomic E-state index is 11.7. The summed E-state index contributed by atoms with van der Waals surface area (Å²) in [5, 5.41) is 2.74. The number of nitrogens with zero attached hydrogens (tertiary/aromatic N) is 1. The van der Waals surface area contributed by atoms with Crippen LogP contribution in [0.3, 0.4) is 0 Å². The lowest BCUT2D eigenvalue weighted by molar-refractivity contribution is 0.0636. The molecule has 4 nitrogen and oxygen atoms in total. The summed E-state index contributed by atoms with van der Waals surface area (Å²) in [5.74, 6) is 0. The number of hydrogen-bond donors (Lipinski definition) is 1. The van der Waals surface area contributed by atoms with Crippen LogP contribution in [-0.4, -0.2) is 36.7 Å². The molecule has 0 spiro atoms. The Morgan fingerprint density at radius 3 is 2.29 bits per heavy atom. The summed E-state index contributed by atoms with van der Waals surface area (Å²) in [5.41, 5.74) is 1.55. The Balaban J connectivity index is 2.49. The number of carbonyl (C=O) groups is 1. The predicted molar refractivity (Wildman–Crippen MR) is 87.8 cm³/mol. The van der Waals surface area contributed by atoms with E-state index >= 15 is 0 Å². The molecule has 0 saturated carbocycles. The van der Waals surface area contributed by atoms with Gasteiger partial charge in [0.1, 0.15) is 5.60 Å². The van der Waals surface area contributed by atoms with Gasteiger partial charge in [-0.2, -0.15) is 0 Å². The molecule has 21 heavy (non-hydrogen) atoms. The number of hydrogen-bond acceptors (Lipinski definition) is 3. The Bertz CT molecular complexity index is 447. The first-order valence-electron chi connectivity index (χ1n) is 7.43. The van der Waals surface area contributed by atoms with E-state index in [1.807, 2.05) is 32.9 Å². The van der Waals surface area contributed by atoms with Gasteiger partial charge in [0.15, 0.2) is 0 Å². The molecule has 0 radical (unpaired) electrons. The topological polar surface area (TPSA) is 41.6 Å². The van der Waals surface area contributed by atoms with E-state index in [1.165, 1.54) is 5.56 Å². The Labute approximate surface area is 128 Å². The Morgan fingerprint density at radius 2 is 1.81 bits per heavy atom. The van der Waals surface area contributed by atoms with Gasteiger partial charge in [0.05, 0.1) is 0 Å². The third-order valence-corrected chi connectivity index (χ3v) is 3.33. The highest BCUT2D eigenvalue weighted by molar-refractivity contribution is 5.84. The number of benzene rings is 1. The smallest absolute Gasteiger partial charge is 0.412 e. The van der Waals surface area contributed by atoms with E-state index in [0.717, 1.165) is 18.5 Å². The normalized spacial score (nSPS) is 13.1. The van der Waals surface area contributed by atoms with Gasteiger partial charge in [-0.15, -0.1) is 0 Å². The molecule has 1 amide bonds. The molecule has 0 bridgehead atoms. The molecule has 0 aliphatic rings. The summed E-state index contributed by atoms with van der Waals surface area (Å²) in [4.78, 5) is 13.9. The average molecular weight is 292 g/mol. The van der Waals surface area contributed by atoms with E-state index in [9.17, 15) is 4.79 Å². The second kappa shape index (κ2) is 7.46. The summed E-state index contributed by atoms with van der Waals surface area (Å²) >= 11 is 0. The number of carbonyl (C=O) groups excluding carboxylic acids is 1. The summed E-state index contributed by atoms with van der Waals surface area (Å²) in [6, 6.07) is 8.49. The monoisotopic (exact) mass is 292 g/mol. The second-order valence-electron chi connectivity index (χ2n) is 6.68. The van der Waals surface area contributed by atoms with Gasteiger partial charge in [0, 0.05) is 11.7 Å². The molecule has 118 valence electrons. The lowest BCUT2D eigenvalue weighted by Gasteiger charge is -2.20. The van der Waals surface area contributed by atoms with Crippen molar-refractivity contribution in [3.8, 4) is 0 Å². The van der Waals surface area contributed by atoms with Crippen LogP contribution < -0.4 is 5.32 Å². The maximum Gasteiger partial charge on any atom is 0.412 e. The maximum atomic E-state index is 11.7. The van der Waals surface area contributed by atoms with Gasteiger partial charge in [-0.1, -0.05) is 12.1 Å². The number of ether oxygens (including phenoxy) is 1. The van der Waals surface area contributed by atoms with Crippen LogP contribution in [0.2, 0.25) is 0 Å². The molecule has 0 aromatic heterocycles. The number of anilines is 1. The van der Waals surface area contributed by atoms with Gasteiger partial charge < -0.3 is 9.64 Å². The molecule has 0 saturated heterocycles. The number of nitrogens with one attached hydrogen (secondary N) is 1. The van der Waals surface area contributed by atoms with E-state index in [0.29, 0.717) is 6.04 Å². The number of aryl methyl sites for hydroxylation is 1. The molecule has 1 N–H and O–H groups in total. The third kappa shape index (κ3) is 7.14. The van der Waals surface area contributed by atoms with Crippen LogP contribution in [-0.2, 0) is 11.2 Å². The van der Waals surface area contributed by atoms with Crippen molar-refractivity contribution in [3.63, 3.8) is 0 Å². The highest BCUT2D eigenvalue weighted by Gasteiger charge is 2.16. The largest absolute Gasteiger partial charge is 0.444 e. The van der Waals surface area contributed by atoms with Gasteiger partial charge in [-0.25, -0.2) is 4.79 Å². The summed E-state index contributed by atoms with van der Waals surface area (Å²) in [6.45, 7) is 7.77. The first-order valence-corrected chi connectivity index (χ1v) is 7.43. The van der Waals surface area contributed by atoms with Crippen LogP contribution in [0.25, 0.3) is 0 Å². The van der Waals surface area contributed by atoms with E-state index in [4.69, 9.17) is 4.74 Å². The van der Waals surface area contributed by atoms with Crippen molar-refractivity contribution in [1.82, 2.24) is 4.90 Å². The molecule has 0 heterocycles. The van der Waals surface area contributed by atoms with E-state index in [1.54, 1.807) is 0 Å². The third-order valence-electron chi connectivity index (χ3n) is 3.33. The zero-order valence-electron chi connectivity index (χ0n) is 14.1. The van der Waals surface area contributed by atoms with E-state index in [2.05, 4.69) is 43.4 Å². The number of amides is 1. The van der Waals surface area contributed by atoms with Crippen LogP contribution in [0, 0.1) is 0 Å². The fourth-order valence-electron chi connectivity index (χ4n) is 1.81. The summed E-state index contributed by atoms with van der Waals surface area (Å²) in [6.07, 6.45) is 1.73. The van der Waals surface area contributed by atoms with Crippen LogP contribution in [0.5, 0.6) is 0 Å². The van der Waals surface area contributed by atoms with Crippen molar-refractivity contribution in [2.45, 2.75) is 52.2 Å². The van der Waals surface area contributed by atoms with Crippen molar-refractivity contribution >= 4 is 11.8 Å². The Morgan fingerprint density at radius 1 is 1.24 bits per heavy atom. The SMILES string of the molecule is CC(CCc1ccc(NC(=O)OC(C)(C)C)cc1)N(C)C. The molecular weight excluding hydrogens is 264 g/mol. The van der Waals surface area contributed by atoms with Crippen LogP contribution in [0.15, 0.2) is 24.3 Å². The molecule has 0 aliphatic heterocycles. The molecule has 1 atom stereocenters. The van der Waals surface area contributed by atoms with Gasteiger partial charge in [-0.05, 0) is 72.3 Å². The molecule has 1 unspecified atom stereocenters. The minimum absolute atomic E-state index is 0.420. The van der Waals surface area contributed by atoms with Gasteiger partial charge in [-0.3, -0.25) is 5.32 Å². The van der Waals surface area contributed by atoms with E-state index < -0.39 is 11.7 Å². The molecule has 0 fully saturated rings. The van der Waals surface area contributed by atoms with Gasteiger partial charge in [0.2, 0.25) is 0 Å². The van der Waals surface area contributed by atoms with Crippen LogP contribution in [0.4, 0.5) is 10.5 Å². The first-order chi connectivity index (χ1) is 9.67. The van der Waals surface area contributed by atoms with Crippen molar-refractivity contribution < 1.29 is 9.53 Å². The zero-order valence-corrected chi connectivity index (χ0v) is 14.1. The minimum atomic E-state index is -0.480. The lowest BCUT2D eigenvalue weighted by Crippen LogP contribution is -2.27. The lowest BCUT2D eigenvalue weighted by atomic mass is 10.1. The van der Waals surface area contributed by atoms with Crippen molar-refractivity contribution in [1.29, 1.82) is 0 Å². The van der Waals surface area contributed by atoms with Gasteiger partial charge >= 0.3 is 6.09 Å².